The van der Waals surface area contributed by atoms with E-state index in [0.29, 0.717) is 35.7 Å². The highest BCUT2D eigenvalue weighted by molar-refractivity contribution is 5.94. The van der Waals surface area contributed by atoms with E-state index >= 15 is 0 Å². The molecule has 2 aromatic rings. The molecule has 1 aliphatic rings. The van der Waals surface area contributed by atoms with E-state index in [-0.39, 0.29) is 5.91 Å². The minimum atomic E-state index is -0.648. The zero-order valence-electron chi connectivity index (χ0n) is 13.6. The van der Waals surface area contributed by atoms with Gasteiger partial charge in [0.1, 0.15) is 5.75 Å². The zero-order valence-corrected chi connectivity index (χ0v) is 13.6. The summed E-state index contributed by atoms with van der Waals surface area (Å²) < 4.78 is 11.6. The van der Waals surface area contributed by atoms with Crippen LogP contribution >= 0.6 is 0 Å². The van der Waals surface area contributed by atoms with E-state index in [1.807, 2.05) is 19.1 Å². The van der Waals surface area contributed by atoms with Crippen LogP contribution in [0.2, 0.25) is 0 Å². The summed E-state index contributed by atoms with van der Waals surface area (Å²) >= 11 is 0. The highest BCUT2D eigenvalue weighted by Gasteiger charge is 2.40. The number of nitroso groups, excluding NO2 is 1. The van der Waals surface area contributed by atoms with Gasteiger partial charge < -0.3 is 14.8 Å². The number of nitrogens with zero attached hydrogens (tertiary/aromatic N) is 1. The zero-order chi connectivity index (χ0) is 17.1. The van der Waals surface area contributed by atoms with Gasteiger partial charge in [0.2, 0.25) is 5.75 Å². The van der Waals surface area contributed by atoms with Crippen LogP contribution in [0.4, 0.5) is 5.69 Å². The molecule has 1 aliphatic heterocycles. The molecule has 24 heavy (non-hydrogen) atoms. The van der Waals surface area contributed by atoms with Crippen molar-refractivity contribution in [2.75, 3.05) is 13.7 Å². The fraction of sp³-hybridized carbons (Fsp3) is 0.278. The van der Waals surface area contributed by atoms with Crippen molar-refractivity contribution in [1.29, 1.82) is 0 Å². The number of hydrogen-bond donors (Lipinski definition) is 1. The largest absolute Gasteiger partial charge is 0.497 e. The Morgan fingerprint density at radius 2 is 2.00 bits per heavy atom. The van der Waals surface area contributed by atoms with E-state index in [1.54, 1.807) is 37.4 Å². The Balaban J connectivity index is 1.55. The first-order valence-corrected chi connectivity index (χ1v) is 7.74. The standard InChI is InChI=1S/C18H18N2O4/c1-12-3-5-13(6-4-12)18(21)19-10-9-17-20(22)15-8-7-14(23-2)11-16(15)24-17/h3-8,11,17H,9-10H2,1-2H3/p+1. The number of methoxy groups -OCH3 is 1. The van der Waals surface area contributed by atoms with Gasteiger partial charge in [-0.05, 0) is 25.1 Å². The van der Waals surface area contributed by atoms with Gasteiger partial charge in [-0.25, -0.2) is 0 Å². The van der Waals surface area contributed by atoms with E-state index in [4.69, 9.17) is 9.47 Å². The van der Waals surface area contributed by atoms with Crippen molar-refractivity contribution >= 4 is 11.6 Å². The van der Waals surface area contributed by atoms with E-state index in [1.165, 1.54) is 0 Å². The normalized spacial score (nSPS) is 15.6. The minimum absolute atomic E-state index is 0.162. The topological polar surface area (TPSA) is 67.6 Å². The lowest BCUT2D eigenvalue weighted by atomic mass is 10.1. The fourth-order valence-electron chi connectivity index (χ4n) is 2.54. The van der Waals surface area contributed by atoms with Crippen molar-refractivity contribution in [1.82, 2.24) is 5.32 Å². The molecule has 1 atom stereocenters. The number of amides is 1. The van der Waals surface area contributed by atoms with Crippen molar-refractivity contribution in [3.8, 4) is 11.5 Å². The number of fused-ring (bicyclic) bond motifs is 1. The van der Waals surface area contributed by atoms with Crippen LogP contribution in [-0.4, -0.2) is 30.5 Å². The molecule has 0 saturated heterocycles. The summed E-state index contributed by atoms with van der Waals surface area (Å²) in [7, 11) is 1.56. The Kier molecular flexibility index (Phi) is 4.46. The third-order valence-electron chi connectivity index (χ3n) is 3.92. The van der Waals surface area contributed by atoms with E-state index in [0.717, 1.165) is 10.3 Å². The van der Waals surface area contributed by atoms with Crippen LogP contribution in [0.1, 0.15) is 22.3 Å². The summed E-state index contributed by atoms with van der Waals surface area (Å²) in [5, 5.41) is 2.81. The molecule has 124 valence electrons. The molecule has 0 radical (unpaired) electrons. The van der Waals surface area contributed by atoms with E-state index in [2.05, 4.69) is 5.32 Å². The van der Waals surface area contributed by atoms with Crippen molar-refractivity contribution < 1.29 is 19.0 Å². The van der Waals surface area contributed by atoms with Crippen LogP contribution in [0, 0.1) is 11.8 Å². The van der Waals surface area contributed by atoms with Crippen LogP contribution in [0.15, 0.2) is 42.5 Å². The van der Waals surface area contributed by atoms with Gasteiger partial charge in [0.05, 0.1) is 18.3 Å². The molecule has 1 heterocycles. The lowest BCUT2D eigenvalue weighted by Gasteiger charge is -2.06. The molecule has 2 aromatic carbocycles. The van der Waals surface area contributed by atoms with Crippen molar-refractivity contribution in [3.63, 3.8) is 0 Å². The number of carbonyl (C=O) groups is 1. The van der Waals surface area contributed by atoms with Crippen molar-refractivity contribution in [2.24, 2.45) is 0 Å². The Bertz CT molecular complexity index is 771. The fourth-order valence-corrected chi connectivity index (χ4v) is 2.54. The Hall–Kier alpha value is -2.89. The molecule has 1 amide bonds. The molecule has 1 unspecified atom stereocenters. The lowest BCUT2D eigenvalue weighted by molar-refractivity contribution is -0.529. The number of carbonyl (C=O) groups excluding carboxylic acids is 1. The SMILES string of the molecule is COc1ccc2c(c1)OC(CCNC(=O)c1ccc(C)cc1)[N+]2=O. The molecule has 6 nitrogen and oxygen atoms in total. The van der Waals surface area contributed by atoms with Gasteiger partial charge >= 0.3 is 11.9 Å². The number of ether oxygens (including phenoxy) is 2. The molecule has 3 rings (SSSR count). The number of aryl methyl sites for hydroxylation is 1. The van der Waals surface area contributed by atoms with E-state index < -0.39 is 6.23 Å². The summed E-state index contributed by atoms with van der Waals surface area (Å²) in [4.78, 5) is 24.3. The van der Waals surface area contributed by atoms with Gasteiger partial charge in [-0.15, -0.1) is 0 Å². The third kappa shape index (κ3) is 3.22. The summed E-state index contributed by atoms with van der Waals surface area (Å²) in [6, 6.07) is 12.4. The van der Waals surface area contributed by atoms with Gasteiger partial charge in [0, 0.05) is 29.1 Å². The predicted molar refractivity (Wildman–Crippen MR) is 88.8 cm³/mol. The predicted octanol–water partition coefficient (Wildman–Crippen LogP) is 2.95. The number of hydrogen-bond acceptors (Lipinski definition) is 4. The number of nitrogens with one attached hydrogen (secondary N) is 1. The van der Waals surface area contributed by atoms with Crippen LogP contribution < -0.4 is 14.8 Å². The summed E-state index contributed by atoms with van der Waals surface area (Å²) in [5.74, 6) is 0.972. The lowest BCUT2D eigenvalue weighted by Crippen LogP contribution is -2.30. The second-order valence-corrected chi connectivity index (χ2v) is 5.64. The Labute approximate surface area is 140 Å². The van der Waals surface area contributed by atoms with Gasteiger partial charge in [-0.3, -0.25) is 4.79 Å². The minimum Gasteiger partial charge on any atom is -0.497 e. The highest BCUT2D eigenvalue weighted by atomic mass is 16.5. The summed E-state index contributed by atoms with van der Waals surface area (Å²) in [5.41, 5.74) is 2.17. The van der Waals surface area contributed by atoms with Gasteiger partial charge in [0.15, 0.2) is 0 Å². The summed E-state index contributed by atoms with van der Waals surface area (Å²) in [6.45, 7) is 2.32. The second kappa shape index (κ2) is 6.70. The first-order valence-electron chi connectivity index (χ1n) is 7.74. The smallest absolute Gasteiger partial charge is 0.352 e. The quantitative estimate of drug-likeness (QED) is 0.857. The Morgan fingerprint density at radius 1 is 1.25 bits per heavy atom. The van der Waals surface area contributed by atoms with Crippen molar-refractivity contribution in [3.05, 3.63) is 58.5 Å². The number of benzene rings is 2. The van der Waals surface area contributed by atoms with Crippen LogP contribution in [0.5, 0.6) is 11.5 Å². The monoisotopic (exact) mass is 327 g/mol. The Morgan fingerprint density at radius 3 is 2.71 bits per heavy atom. The average Bonchev–Trinajstić information content (AvgIpc) is 2.91. The maximum Gasteiger partial charge on any atom is 0.352 e. The second-order valence-electron chi connectivity index (χ2n) is 5.64. The van der Waals surface area contributed by atoms with Crippen LogP contribution in [-0.2, 0) is 0 Å². The molecular weight excluding hydrogens is 308 g/mol. The molecule has 0 spiro atoms. The molecule has 0 bridgehead atoms. The first kappa shape index (κ1) is 16.0. The van der Waals surface area contributed by atoms with Crippen molar-refractivity contribution in [2.45, 2.75) is 19.6 Å². The molecular formula is C18H19N2O4+. The van der Waals surface area contributed by atoms with Gasteiger partial charge in [-0.2, -0.15) is 0 Å². The number of rotatable bonds is 5. The highest BCUT2D eigenvalue weighted by Crippen LogP contribution is 2.38. The van der Waals surface area contributed by atoms with Gasteiger partial charge in [-0.1, -0.05) is 17.7 Å². The third-order valence-corrected chi connectivity index (χ3v) is 3.92. The molecule has 0 aliphatic carbocycles. The van der Waals surface area contributed by atoms with Gasteiger partial charge in [0.25, 0.3) is 5.91 Å². The molecule has 0 fully saturated rings. The molecule has 6 heteroatoms. The first-order chi connectivity index (χ1) is 11.6. The maximum atomic E-state index is 12.2. The van der Waals surface area contributed by atoms with Crippen LogP contribution in [0.25, 0.3) is 0 Å². The molecule has 1 N–H and O–H groups in total. The van der Waals surface area contributed by atoms with E-state index in [9.17, 15) is 9.70 Å². The maximum absolute atomic E-state index is 12.2. The average molecular weight is 327 g/mol. The molecule has 0 saturated carbocycles. The van der Waals surface area contributed by atoms with Crippen LogP contribution in [0.3, 0.4) is 0 Å². The summed E-state index contributed by atoms with van der Waals surface area (Å²) in [6.07, 6.45) is -0.261. The molecule has 0 aromatic heterocycles.